The van der Waals surface area contributed by atoms with Crippen LogP contribution in [-0.4, -0.2) is 31.4 Å². The smallest absolute Gasteiger partial charge is 0.244 e. The number of hydrogen-bond acceptors (Lipinski definition) is 4. The molecule has 2 heterocycles. The van der Waals surface area contributed by atoms with Gasteiger partial charge in [0.2, 0.25) is 10.0 Å². The first-order valence-corrected chi connectivity index (χ1v) is 10.2. The fourth-order valence-corrected chi connectivity index (χ4v) is 4.92. The van der Waals surface area contributed by atoms with E-state index in [1.165, 1.54) is 17.3 Å². The summed E-state index contributed by atoms with van der Waals surface area (Å²) < 4.78 is 35.5. The molecule has 25 heavy (non-hydrogen) atoms. The van der Waals surface area contributed by atoms with E-state index in [9.17, 15) is 8.42 Å². The zero-order chi connectivity index (χ0) is 17.4. The standard InChI is InChI=1S/C18H23N3O3S/c1-13-2-4-17-14(10-13)3-5-18(17)20-25(22,23)16-11-19-21(12-16)15-6-8-24-9-7-15/h2,4,10-12,15,18,20H,3,5-9H2,1H3. The highest BCUT2D eigenvalue weighted by atomic mass is 32.2. The summed E-state index contributed by atoms with van der Waals surface area (Å²) >= 11 is 0. The Bertz CT molecular complexity index is 869. The van der Waals surface area contributed by atoms with E-state index in [0.29, 0.717) is 13.2 Å². The summed E-state index contributed by atoms with van der Waals surface area (Å²) in [4.78, 5) is 0.236. The number of aromatic nitrogens is 2. The van der Waals surface area contributed by atoms with Crippen LogP contribution in [0.2, 0.25) is 0 Å². The van der Waals surface area contributed by atoms with Crippen LogP contribution in [0.5, 0.6) is 0 Å². The fraction of sp³-hybridized carbons (Fsp3) is 0.500. The SMILES string of the molecule is Cc1ccc2c(c1)CCC2NS(=O)(=O)c1cnn(C2CCOCC2)c1. The van der Waals surface area contributed by atoms with Crippen LogP contribution < -0.4 is 4.72 Å². The maximum atomic E-state index is 12.8. The van der Waals surface area contributed by atoms with E-state index < -0.39 is 10.0 Å². The highest BCUT2D eigenvalue weighted by Crippen LogP contribution is 2.33. The summed E-state index contributed by atoms with van der Waals surface area (Å²) in [6, 6.07) is 6.28. The van der Waals surface area contributed by atoms with Gasteiger partial charge in [0, 0.05) is 25.5 Å². The fourth-order valence-electron chi connectivity index (χ4n) is 3.73. The number of sulfonamides is 1. The van der Waals surface area contributed by atoms with Crippen molar-refractivity contribution >= 4 is 10.0 Å². The maximum absolute atomic E-state index is 12.8. The Morgan fingerprint density at radius 1 is 1.24 bits per heavy atom. The summed E-state index contributed by atoms with van der Waals surface area (Å²) in [5, 5.41) is 4.28. The van der Waals surface area contributed by atoms with E-state index in [4.69, 9.17) is 4.74 Å². The second kappa shape index (κ2) is 6.55. The number of nitrogens with zero attached hydrogens (tertiary/aromatic N) is 2. The molecule has 1 N–H and O–H groups in total. The van der Waals surface area contributed by atoms with Gasteiger partial charge in [-0.2, -0.15) is 5.10 Å². The van der Waals surface area contributed by atoms with Gasteiger partial charge in [-0.1, -0.05) is 23.8 Å². The van der Waals surface area contributed by atoms with Crippen LogP contribution in [0.4, 0.5) is 0 Å². The molecule has 6 nitrogen and oxygen atoms in total. The molecule has 1 unspecified atom stereocenters. The molecule has 1 fully saturated rings. The number of ether oxygens (including phenoxy) is 1. The Hall–Kier alpha value is -1.70. The number of fused-ring (bicyclic) bond motifs is 1. The van der Waals surface area contributed by atoms with Crippen molar-refractivity contribution in [2.24, 2.45) is 0 Å². The monoisotopic (exact) mass is 361 g/mol. The molecule has 1 saturated heterocycles. The molecule has 4 rings (SSSR count). The highest BCUT2D eigenvalue weighted by molar-refractivity contribution is 7.89. The van der Waals surface area contributed by atoms with Crippen LogP contribution in [0.25, 0.3) is 0 Å². The van der Waals surface area contributed by atoms with Gasteiger partial charge in [-0.05, 0) is 43.7 Å². The van der Waals surface area contributed by atoms with Crippen LogP contribution in [-0.2, 0) is 21.2 Å². The minimum absolute atomic E-state index is 0.160. The average Bonchev–Trinajstić information content (AvgIpc) is 3.23. The summed E-state index contributed by atoms with van der Waals surface area (Å²) in [5.74, 6) is 0. The van der Waals surface area contributed by atoms with Gasteiger partial charge >= 0.3 is 0 Å². The third-order valence-corrected chi connectivity index (χ3v) is 6.55. The number of aryl methyl sites for hydroxylation is 2. The lowest BCUT2D eigenvalue weighted by atomic mass is 10.1. The Morgan fingerprint density at radius 2 is 2.04 bits per heavy atom. The molecule has 0 saturated carbocycles. The average molecular weight is 361 g/mol. The molecular weight excluding hydrogens is 338 g/mol. The van der Waals surface area contributed by atoms with Gasteiger partial charge in [-0.3, -0.25) is 4.68 Å². The second-order valence-electron chi connectivity index (χ2n) is 6.91. The first kappa shape index (κ1) is 16.8. The van der Waals surface area contributed by atoms with Gasteiger partial charge in [0.1, 0.15) is 4.90 Å². The van der Waals surface area contributed by atoms with Crippen LogP contribution in [0.1, 0.15) is 48.0 Å². The van der Waals surface area contributed by atoms with Crippen LogP contribution in [0.3, 0.4) is 0 Å². The van der Waals surface area contributed by atoms with Crippen molar-refractivity contribution in [2.75, 3.05) is 13.2 Å². The molecule has 1 atom stereocenters. The van der Waals surface area contributed by atoms with Crippen LogP contribution in [0.15, 0.2) is 35.5 Å². The minimum Gasteiger partial charge on any atom is -0.381 e. The number of hydrogen-bond donors (Lipinski definition) is 1. The minimum atomic E-state index is -3.58. The quantitative estimate of drug-likeness (QED) is 0.908. The summed E-state index contributed by atoms with van der Waals surface area (Å²) in [5.41, 5.74) is 3.54. The molecule has 7 heteroatoms. The zero-order valence-corrected chi connectivity index (χ0v) is 15.1. The number of rotatable bonds is 4. The first-order chi connectivity index (χ1) is 12.0. The third-order valence-electron chi connectivity index (χ3n) is 5.13. The van der Waals surface area contributed by atoms with Crippen molar-refractivity contribution < 1.29 is 13.2 Å². The van der Waals surface area contributed by atoms with Crippen molar-refractivity contribution in [1.29, 1.82) is 0 Å². The summed E-state index contributed by atoms with van der Waals surface area (Å²) in [7, 11) is -3.58. The van der Waals surface area contributed by atoms with Gasteiger partial charge in [-0.25, -0.2) is 13.1 Å². The predicted octanol–water partition coefficient (Wildman–Crippen LogP) is 2.51. The normalized spacial score (nSPS) is 21.4. The molecule has 0 amide bonds. The van der Waals surface area contributed by atoms with Crippen molar-refractivity contribution in [1.82, 2.24) is 14.5 Å². The van der Waals surface area contributed by atoms with E-state index in [0.717, 1.165) is 31.2 Å². The summed E-state index contributed by atoms with van der Waals surface area (Å²) in [6.07, 6.45) is 6.53. The maximum Gasteiger partial charge on any atom is 0.244 e. The van der Waals surface area contributed by atoms with E-state index in [1.54, 1.807) is 10.9 Å². The molecule has 134 valence electrons. The van der Waals surface area contributed by atoms with Crippen molar-refractivity contribution in [3.63, 3.8) is 0 Å². The van der Waals surface area contributed by atoms with E-state index in [2.05, 4.69) is 22.8 Å². The predicted molar refractivity (Wildman–Crippen MR) is 93.9 cm³/mol. The van der Waals surface area contributed by atoms with Gasteiger partial charge in [-0.15, -0.1) is 0 Å². The molecule has 0 bridgehead atoms. The number of benzene rings is 1. The first-order valence-electron chi connectivity index (χ1n) is 8.76. The Balaban J connectivity index is 1.52. The van der Waals surface area contributed by atoms with Gasteiger partial charge < -0.3 is 4.74 Å². The van der Waals surface area contributed by atoms with E-state index >= 15 is 0 Å². The van der Waals surface area contributed by atoms with Gasteiger partial charge in [0.25, 0.3) is 0 Å². The Kier molecular flexibility index (Phi) is 4.39. The van der Waals surface area contributed by atoms with Crippen molar-refractivity contribution in [3.05, 3.63) is 47.3 Å². The van der Waals surface area contributed by atoms with Crippen LogP contribution >= 0.6 is 0 Å². The zero-order valence-electron chi connectivity index (χ0n) is 14.3. The molecule has 0 radical (unpaired) electrons. The Labute approximate surface area is 148 Å². The van der Waals surface area contributed by atoms with Crippen LogP contribution in [0, 0.1) is 6.92 Å². The lowest BCUT2D eigenvalue weighted by Crippen LogP contribution is -2.27. The van der Waals surface area contributed by atoms with E-state index in [-0.39, 0.29) is 17.0 Å². The molecule has 2 aromatic rings. The molecule has 1 aromatic heterocycles. The topological polar surface area (TPSA) is 73.2 Å². The highest BCUT2D eigenvalue weighted by Gasteiger charge is 2.28. The molecule has 2 aliphatic rings. The van der Waals surface area contributed by atoms with Gasteiger partial charge in [0.05, 0.1) is 12.2 Å². The molecule has 1 aliphatic heterocycles. The lowest BCUT2D eigenvalue weighted by molar-refractivity contribution is 0.0662. The Morgan fingerprint density at radius 3 is 2.84 bits per heavy atom. The largest absolute Gasteiger partial charge is 0.381 e. The lowest BCUT2D eigenvalue weighted by Gasteiger charge is -2.22. The molecule has 0 spiro atoms. The van der Waals surface area contributed by atoms with E-state index in [1.807, 2.05) is 12.1 Å². The molecule has 1 aliphatic carbocycles. The molecular formula is C18H23N3O3S. The summed E-state index contributed by atoms with van der Waals surface area (Å²) in [6.45, 7) is 3.45. The van der Waals surface area contributed by atoms with Gasteiger partial charge in [0.15, 0.2) is 0 Å². The molecule has 1 aromatic carbocycles. The van der Waals surface area contributed by atoms with Crippen molar-refractivity contribution in [2.45, 2.75) is 49.6 Å². The third kappa shape index (κ3) is 3.36. The number of nitrogens with one attached hydrogen (secondary N) is 1. The van der Waals surface area contributed by atoms with Crippen molar-refractivity contribution in [3.8, 4) is 0 Å². The second-order valence-corrected chi connectivity index (χ2v) is 8.63.